The minimum atomic E-state index is -0.382. The maximum Gasteiger partial charge on any atom is 0.328 e. The summed E-state index contributed by atoms with van der Waals surface area (Å²) in [5, 5.41) is 17.8. The molecule has 4 aromatic heterocycles. The van der Waals surface area contributed by atoms with E-state index in [-0.39, 0.29) is 29.1 Å². The fourth-order valence-electron chi connectivity index (χ4n) is 8.84. The molecule has 3 aliphatic rings. The first kappa shape index (κ1) is 40.9. The van der Waals surface area contributed by atoms with Crippen molar-refractivity contribution in [3.05, 3.63) is 101 Å². The molecule has 9 rings (SSSR count). The molecule has 0 unspecified atom stereocenters. The Morgan fingerprint density at radius 2 is 1.65 bits per heavy atom. The van der Waals surface area contributed by atoms with E-state index in [9.17, 15) is 14.4 Å². The zero-order valence-corrected chi connectivity index (χ0v) is 35.8. The van der Waals surface area contributed by atoms with E-state index in [0.29, 0.717) is 42.9 Å². The molecule has 15 heteroatoms. The highest BCUT2D eigenvalue weighted by atomic mass is 16.5. The van der Waals surface area contributed by atoms with Crippen molar-refractivity contribution < 1.29 is 18.9 Å². The van der Waals surface area contributed by atoms with Crippen molar-refractivity contribution in [2.75, 3.05) is 49.1 Å². The van der Waals surface area contributed by atoms with Gasteiger partial charge in [0.15, 0.2) is 5.65 Å². The molecule has 320 valence electrons. The molecule has 2 aromatic carbocycles. The van der Waals surface area contributed by atoms with E-state index in [0.717, 1.165) is 90.3 Å². The molecule has 0 radical (unpaired) electrons. The van der Waals surface area contributed by atoms with Crippen molar-refractivity contribution in [3.63, 3.8) is 0 Å². The lowest BCUT2D eigenvalue weighted by Crippen LogP contribution is -2.49. The first-order valence-electron chi connectivity index (χ1n) is 21.7. The molecule has 0 saturated carbocycles. The summed E-state index contributed by atoms with van der Waals surface area (Å²) >= 11 is 0. The average molecular weight is 836 g/mol. The molecule has 7 heterocycles. The molecule has 0 spiro atoms. The molecule has 0 aliphatic carbocycles. The smallest absolute Gasteiger partial charge is 0.328 e. The van der Waals surface area contributed by atoms with Crippen molar-refractivity contribution in [2.24, 2.45) is 5.92 Å². The van der Waals surface area contributed by atoms with Crippen LogP contribution in [0.4, 0.5) is 16.2 Å². The number of hydrogen-bond donors (Lipinski definition) is 3. The normalized spacial score (nSPS) is 17.2. The number of anilines is 2. The fourth-order valence-corrected chi connectivity index (χ4v) is 8.84. The number of nitrogens with one attached hydrogen (secondary N) is 3. The molecular weight excluding hydrogens is 783 g/mol. The van der Waals surface area contributed by atoms with Crippen molar-refractivity contribution >= 4 is 40.3 Å². The minimum Gasteiger partial charge on any atom is -0.372 e. The van der Waals surface area contributed by atoms with Crippen LogP contribution in [-0.2, 0) is 16.8 Å². The van der Waals surface area contributed by atoms with E-state index < -0.39 is 0 Å². The van der Waals surface area contributed by atoms with Crippen LogP contribution >= 0.6 is 0 Å². The number of H-pyrrole nitrogens is 1. The predicted octanol–water partition coefficient (Wildman–Crippen LogP) is 7.15. The highest BCUT2D eigenvalue weighted by molar-refractivity contribution is 6.05. The monoisotopic (exact) mass is 835 g/mol. The van der Waals surface area contributed by atoms with Crippen LogP contribution in [-0.4, -0.2) is 92.3 Å². The van der Waals surface area contributed by atoms with Gasteiger partial charge in [-0.3, -0.25) is 29.9 Å². The number of urea groups is 1. The summed E-state index contributed by atoms with van der Waals surface area (Å²) in [5.41, 5.74) is 9.24. The molecule has 6 aromatic rings. The largest absolute Gasteiger partial charge is 0.372 e. The van der Waals surface area contributed by atoms with E-state index in [1.54, 1.807) is 4.90 Å². The van der Waals surface area contributed by atoms with Gasteiger partial charge in [0.05, 0.1) is 11.4 Å². The van der Waals surface area contributed by atoms with E-state index in [2.05, 4.69) is 82.2 Å². The van der Waals surface area contributed by atoms with Gasteiger partial charge in [-0.2, -0.15) is 10.1 Å². The van der Waals surface area contributed by atoms with Crippen LogP contribution in [0.5, 0.6) is 0 Å². The second-order valence-electron chi connectivity index (χ2n) is 17.9. The van der Waals surface area contributed by atoms with E-state index in [1.165, 1.54) is 24.1 Å². The molecular formula is C47H53N11O4. The molecule has 15 nitrogen and oxygen atoms in total. The van der Waals surface area contributed by atoms with Gasteiger partial charge in [-0.15, -0.1) is 0 Å². The van der Waals surface area contributed by atoms with Crippen molar-refractivity contribution in [1.82, 2.24) is 45.8 Å². The highest BCUT2D eigenvalue weighted by Gasteiger charge is 2.28. The maximum absolute atomic E-state index is 12.7. The molecule has 3 saturated heterocycles. The lowest BCUT2D eigenvalue weighted by molar-refractivity contribution is -0.120. The Hall–Kier alpha value is -6.48. The highest BCUT2D eigenvalue weighted by Crippen LogP contribution is 2.33. The Bertz CT molecular complexity index is 2580. The third-order valence-electron chi connectivity index (χ3n) is 12.6. The summed E-state index contributed by atoms with van der Waals surface area (Å²) in [5.74, 6) is 1.03. The summed E-state index contributed by atoms with van der Waals surface area (Å²) in [6.45, 7) is 14.0. The number of piperidine rings is 2. The molecule has 3 aliphatic heterocycles. The number of pyridine rings is 2. The van der Waals surface area contributed by atoms with Gasteiger partial charge in [-0.1, -0.05) is 44.1 Å². The van der Waals surface area contributed by atoms with Gasteiger partial charge in [0.2, 0.25) is 11.8 Å². The standard InChI is InChI=1S/C47H53N11O4/c1-29-23-32(5-6-33(29)25-50-44(60)43-52-45(62-55-43)47(2,3)4)41-38-24-35(27-49-42(38)54-53-41)39-12-7-34(26-48-39)31-15-18-56(19-16-31)28-30-13-20-57(21-14-30)36-8-10-37(11-9-36)58-22-17-40(59)51-46(58)61/h5-12,23-24,26-27,30-31H,13-22,25,28H2,1-4H3,(H,50,60)(H,49,53,54)(H,51,59,61). The number of aromatic amines is 1. The Morgan fingerprint density at radius 3 is 2.34 bits per heavy atom. The van der Waals surface area contributed by atoms with Crippen LogP contribution < -0.4 is 20.4 Å². The lowest BCUT2D eigenvalue weighted by atomic mass is 9.89. The third-order valence-corrected chi connectivity index (χ3v) is 12.6. The van der Waals surface area contributed by atoms with Crippen molar-refractivity contribution in [3.8, 4) is 22.5 Å². The van der Waals surface area contributed by atoms with Gasteiger partial charge in [0.25, 0.3) is 11.7 Å². The zero-order chi connectivity index (χ0) is 43.0. The molecule has 4 amide bonds. The van der Waals surface area contributed by atoms with Crippen LogP contribution in [0.2, 0.25) is 0 Å². The van der Waals surface area contributed by atoms with Gasteiger partial charge in [-0.25, -0.2) is 9.78 Å². The van der Waals surface area contributed by atoms with Gasteiger partial charge in [0, 0.05) is 84.8 Å². The van der Waals surface area contributed by atoms with Gasteiger partial charge >= 0.3 is 6.03 Å². The van der Waals surface area contributed by atoms with Crippen LogP contribution in [0.3, 0.4) is 0 Å². The summed E-state index contributed by atoms with van der Waals surface area (Å²) in [4.78, 5) is 57.1. The fraction of sp³-hybridized carbons (Fsp3) is 0.404. The summed E-state index contributed by atoms with van der Waals surface area (Å²) in [6, 6.07) is 20.4. The van der Waals surface area contributed by atoms with Crippen molar-refractivity contribution in [2.45, 2.75) is 77.7 Å². The number of rotatable bonds is 10. The van der Waals surface area contributed by atoms with Crippen LogP contribution in [0.25, 0.3) is 33.5 Å². The number of likely N-dealkylation sites (tertiary alicyclic amines) is 1. The Balaban J connectivity index is 0.759. The lowest BCUT2D eigenvalue weighted by Gasteiger charge is -2.38. The van der Waals surface area contributed by atoms with E-state index in [1.807, 2.05) is 64.4 Å². The SMILES string of the molecule is Cc1cc(-c2[nH]nc3ncc(-c4ccc(C5CCN(CC6CCN(c7ccc(N8CCC(=O)NC8=O)cc7)CC6)CC5)cn4)cc23)ccc1CNC(=O)c1noc(C(C)(C)C)n1. The van der Waals surface area contributed by atoms with Gasteiger partial charge in [-0.05, 0) is 117 Å². The van der Waals surface area contributed by atoms with Crippen LogP contribution in [0.1, 0.15) is 92.0 Å². The molecule has 3 N–H and O–H groups in total. The molecule has 3 fully saturated rings. The van der Waals surface area contributed by atoms with Gasteiger partial charge in [0.1, 0.15) is 0 Å². The Labute approximate surface area is 360 Å². The summed E-state index contributed by atoms with van der Waals surface area (Å²) in [7, 11) is 0. The minimum absolute atomic E-state index is 0.0247. The average Bonchev–Trinajstić information content (AvgIpc) is 3.96. The number of hydrogen-bond acceptors (Lipinski definition) is 11. The third kappa shape index (κ3) is 8.80. The van der Waals surface area contributed by atoms with Crippen molar-refractivity contribution in [1.29, 1.82) is 0 Å². The zero-order valence-electron chi connectivity index (χ0n) is 35.8. The molecule has 0 atom stereocenters. The first-order chi connectivity index (χ1) is 29.9. The second-order valence-corrected chi connectivity index (χ2v) is 17.9. The number of carbonyl (C=O) groups is 3. The number of benzene rings is 2. The Morgan fingerprint density at radius 1 is 0.871 bits per heavy atom. The number of fused-ring (bicyclic) bond motifs is 1. The topological polar surface area (TPSA) is 178 Å². The maximum atomic E-state index is 12.7. The molecule has 0 bridgehead atoms. The predicted molar refractivity (Wildman–Crippen MR) is 237 cm³/mol. The quantitative estimate of drug-likeness (QED) is 0.128. The first-order valence-corrected chi connectivity index (χ1v) is 21.7. The summed E-state index contributed by atoms with van der Waals surface area (Å²) < 4.78 is 5.28. The van der Waals surface area contributed by atoms with Crippen LogP contribution in [0.15, 0.2) is 77.6 Å². The van der Waals surface area contributed by atoms with E-state index in [4.69, 9.17) is 9.51 Å². The number of imide groups is 1. The number of aromatic nitrogens is 6. The Kier molecular flexibility index (Phi) is 11.3. The number of aryl methyl sites for hydroxylation is 1. The van der Waals surface area contributed by atoms with Crippen LogP contribution in [0, 0.1) is 12.8 Å². The van der Waals surface area contributed by atoms with E-state index >= 15 is 0 Å². The number of carbonyl (C=O) groups excluding carboxylic acids is 3. The number of amides is 4. The second kappa shape index (κ2) is 17.1. The van der Waals surface area contributed by atoms with Gasteiger partial charge < -0.3 is 19.6 Å². The molecule has 62 heavy (non-hydrogen) atoms. The number of nitrogens with zero attached hydrogens (tertiary/aromatic N) is 8. The summed E-state index contributed by atoms with van der Waals surface area (Å²) in [6.07, 6.45) is 8.79.